The Bertz CT molecular complexity index is 774. The number of carbonyl (C=O) groups excluding carboxylic acids is 1. The highest BCUT2D eigenvalue weighted by molar-refractivity contribution is 5.94. The molecule has 2 aromatic rings. The summed E-state index contributed by atoms with van der Waals surface area (Å²) in [5.41, 5.74) is 2.91. The summed E-state index contributed by atoms with van der Waals surface area (Å²) in [5, 5.41) is 16.6. The molecule has 0 unspecified atom stereocenters. The Morgan fingerprint density at radius 3 is 2.71 bits per heavy atom. The molecule has 0 saturated heterocycles. The highest BCUT2D eigenvalue weighted by atomic mass is 35.5. The summed E-state index contributed by atoms with van der Waals surface area (Å²) >= 11 is 0. The summed E-state index contributed by atoms with van der Waals surface area (Å²) in [6.07, 6.45) is 3.15. The minimum atomic E-state index is -0.671. The van der Waals surface area contributed by atoms with Crippen LogP contribution in [0.4, 0.5) is 0 Å². The summed E-state index contributed by atoms with van der Waals surface area (Å²) < 4.78 is 5.56. The molecular weight excluding hydrogens is 401 g/mol. The van der Waals surface area contributed by atoms with E-state index in [1.54, 1.807) is 12.3 Å². The van der Waals surface area contributed by atoms with Crippen LogP contribution in [0, 0.1) is 0 Å². The minimum absolute atomic E-state index is 0. The molecule has 0 fully saturated rings. The minimum Gasteiger partial charge on any atom is -0.489 e. The molecule has 1 aromatic heterocycles. The normalized spacial score (nSPS) is 16.2. The summed E-state index contributed by atoms with van der Waals surface area (Å²) in [5.74, 6) is 0.278. The van der Waals surface area contributed by atoms with Crippen LogP contribution < -0.4 is 15.4 Å². The number of benzene rings is 1. The van der Waals surface area contributed by atoms with Crippen LogP contribution in [-0.2, 0) is 13.0 Å². The van der Waals surface area contributed by atoms with Gasteiger partial charge in [-0.1, -0.05) is 24.3 Å². The summed E-state index contributed by atoms with van der Waals surface area (Å²) in [6.45, 7) is 4.73. The Morgan fingerprint density at radius 1 is 1.29 bits per heavy atom. The Balaban J connectivity index is 0.00000196. The lowest BCUT2D eigenvalue weighted by molar-refractivity contribution is 0.0869. The molecule has 1 aliphatic heterocycles. The average molecular weight is 428 g/mol. The number of aromatic nitrogens is 1. The number of hydrogen-bond acceptors (Lipinski definition) is 5. The SMILES string of the molecule is CC(C)Oc1cncc(C(=O)NC[C@@H](O)[C@@H]2Cc3ccccc3CN2)c1.Cl.Cl. The predicted molar refractivity (Wildman–Crippen MR) is 114 cm³/mol. The second-order valence-electron chi connectivity index (χ2n) is 6.81. The fourth-order valence-electron chi connectivity index (χ4n) is 3.07. The number of fused-ring (bicyclic) bond motifs is 1. The van der Waals surface area contributed by atoms with Crippen LogP contribution in [0.15, 0.2) is 42.7 Å². The smallest absolute Gasteiger partial charge is 0.253 e. The van der Waals surface area contributed by atoms with Gasteiger partial charge in [0.15, 0.2) is 0 Å². The quantitative estimate of drug-likeness (QED) is 0.659. The molecule has 28 heavy (non-hydrogen) atoms. The summed E-state index contributed by atoms with van der Waals surface area (Å²) in [4.78, 5) is 16.4. The molecule has 1 aliphatic rings. The van der Waals surface area contributed by atoms with Crippen LogP contribution in [0.3, 0.4) is 0 Å². The van der Waals surface area contributed by atoms with Crippen LogP contribution >= 0.6 is 24.8 Å². The van der Waals surface area contributed by atoms with Gasteiger partial charge in [-0.25, -0.2) is 0 Å². The van der Waals surface area contributed by atoms with Crippen molar-refractivity contribution in [3.8, 4) is 5.75 Å². The number of halogens is 2. The molecule has 1 amide bonds. The lowest BCUT2D eigenvalue weighted by Crippen LogP contribution is -2.49. The van der Waals surface area contributed by atoms with Gasteiger partial charge in [-0.05, 0) is 37.5 Å². The number of nitrogens with zero attached hydrogens (tertiary/aromatic N) is 1. The molecule has 3 N–H and O–H groups in total. The van der Waals surface area contributed by atoms with Crippen molar-refractivity contribution in [2.75, 3.05) is 6.54 Å². The van der Waals surface area contributed by atoms with Gasteiger partial charge in [0.1, 0.15) is 5.75 Å². The maximum Gasteiger partial charge on any atom is 0.253 e. The van der Waals surface area contributed by atoms with Gasteiger partial charge in [0.25, 0.3) is 5.91 Å². The largest absolute Gasteiger partial charge is 0.489 e. The molecule has 6 nitrogen and oxygen atoms in total. The van der Waals surface area contributed by atoms with Crippen LogP contribution in [-0.4, -0.2) is 40.8 Å². The second kappa shape index (κ2) is 11.2. The number of carbonyl (C=O) groups is 1. The van der Waals surface area contributed by atoms with E-state index in [4.69, 9.17) is 4.74 Å². The van der Waals surface area contributed by atoms with E-state index >= 15 is 0 Å². The summed E-state index contributed by atoms with van der Waals surface area (Å²) in [6, 6.07) is 9.77. The Labute approximate surface area is 177 Å². The van der Waals surface area contributed by atoms with E-state index in [9.17, 15) is 9.90 Å². The van der Waals surface area contributed by atoms with Crippen molar-refractivity contribution in [1.82, 2.24) is 15.6 Å². The first-order valence-corrected chi connectivity index (χ1v) is 8.91. The van der Waals surface area contributed by atoms with Crippen molar-refractivity contribution in [2.24, 2.45) is 0 Å². The molecule has 2 heterocycles. The molecule has 0 saturated carbocycles. The van der Waals surface area contributed by atoms with Gasteiger partial charge in [0.2, 0.25) is 0 Å². The molecule has 0 bridgehead atoms. The zero-order chi connectivity index (χ0) is 18.5. The van der Waals surface area contributed by atoms with Gasteiger partial charge in [-0.15, -0.1) is 24.8 Å². The molecule has 3 rings (SSSR count). The van der Waals surface area contributed by atoms with Crippen molar-refractivity contribution >= 4 is 30.7 Å². The first-order chi connectivity index (χ1) is 12.5. The number of pyridine rings is 1. The van der Waals surface area contributed by atoms with Gasteiger partial charge in [-0.2, -0.15) is 0 Å². The molecule has 8 heteroatoms. The number of aliphatic hydroxyl groups excluding tert-OH is 1. The fraction of sp³-hybridized carbons (Fsp3) is 0.400. The Morgan fingerprint density at radius 2 is 2.00 bits per heavy atom. The second-order valence-corrected chi connectivity index (χ2v) is 6.81. The summed E-state index contributed by atoms with van der Waals surface area (Å²) in [7, 11) is 0. The van der Waals surface area contributed by atoms with E-state index in [0.717, 1.165) is 13.0 Å². The van der Waals surface area contributed by atoms with E-state index in [2.05, 4.69) is 27.8 Å². The van der Waals surface area contributed by atoms with Crippen molar-refractivity contribution in [3.63, 3.8) is 0 Å². The highest BCUT2D eigenvalue weighted by Crippen LogP contribution is 2.18. The zero-order valence-corrected chi connectivity index (χ0v) is 17.6. The van der Waals surface area contributed by atoms with E-state index in [1.807, 2.05) is 26.0 Å². The van der Waals surface area contributed by atoms with E-state index in [1.165, 1.54) is 17.3 Å². The number of amides is 1. The van der Waals surface area contributed by atoms with Crippen LogP contribution in [0.2, 0.25) is 0 Å². The molecule has 2 atom stereocenters. The molecular formula is C20H27Cl2N3O3. The first-order valence-electron chi connectivity index (χ1n) is 8.91. The predicted octanol–water partition coefficient (Wildman–Crippen LogP) is 2.52. The third kappa shape index (κ3) is 6.34. The third-order valence-corrected chi connectivity index (χ3v) is 4.40. The van der Waals surface area contributed by atoms with Crippen molar-refractivity contribution in [2.45, 2.75) is 45.1 Å². The van der Waals surface area contributed by atoms with Gasteiger partial charge in [-0.3, -0.25) is 9.78 Å². The van der Waals surface area contributed by atoms with Gasteiger partial charge >= 0.3 is 0 Å². The van der Waals surface area contributed by atoms with Crippen molar-refractivity contribution < 1.29 is 14.6 Å². The maximum absolute atomic E-state index is 12.3. The van der Waals surface area contributed by atoms with Crippen molar-refractivity contribution in [3.05, 3.63) is 59.4 Å². The zero-order valence-electron chi connectivity index (χ0n) is 15.9. The first kappa shape index (κ1) is 24.2. The van der Waals surface area contributed by atoms with Gasteiger partial charge < -0.3 is 20.5 Å². The molecule has 0 radical (unpaired) electrons. The topological polar surface area (TPSA) is 83.5 Å². The average Bonchev–Trinajstić information content (AvgIpc) is 2.65. The van der Waals surface area contributed by atoms with Crippen LogP contribution in [0.5, 0.6) is 5.75 Å². The lowest BCUT2D eigenvalue weighted by Gasteiger charge is -2.30. The Kier molecular flexibility index (Phi) is 9.69. The van der Waals surface area contributed by atoms with E-state index in [0.29, 0.717) is 11.3 Å². The van der Waals surface area contributed by atoms with Gasteiger partial charge in [0.05, 0.1) is 24.0 Å². The Hall–Kier alpha value is -1.86. The van der Waals surface area contributed by atoms with Crippen molar-refractivity contribution in [1.29, 1.82) is 0 Å². The highest BCUT2D eigenvalue weighted by Gasteiger charge is 2.24. The number of nitrogens with one attached hydrogen (secondary N) is 2. The number of hydrogen-bond donors (Lipinski definition) is 3. The van der Waals surface area contributed by atoms with Crippen LogP contribution in [0.25, 0.3) is 0 Å². The lowest BCUT2D eigenvalue weighted by atomic mass is 9.93. The molecule has 1 aromatic carbocycles. The number of ether oxygens (including phenoxy) is 1. The monoisotopic (exact) mass is 427 g/mol. The van der Waals surface area contributed by atoms with E-state index < -0.39 is 6.10 Å². The fourth-order valence-corrected chi connectivity index (χ4v) is 3.07. The third-order valence-electron chi connectivity index (χ3n) is 4.40. The maximum atomic E-state index is 12.3. The van der Waals surface area contributed by atoms with Gasteiger partial charge in [0, 0.05) is 25.3 Å². The number of rotatable bonds is 6. The van der Waals surface area contributed by atoms with E-state index in [-0.39, 0.29) is 49.4 Å². The van der Waals surface area contributed by atoms with Crippen LogP contribution in [0.1, 0.15) is 35.3 Å². The molecule has 0 spiro atoms. The molecule has 154 valence electrons. The standard InChI is InChI=1S/C20H25N3O3.2ClH/c1-13(2)26-17-7-16(9-21-11-17)20(25)23-12-19(24)18-8-14-5-3-4-6-15(14)10-22-18;;/h3-7,9,11,13,18-19,22,24H,8,10,12H2,1-2H3,(H,23,25);2*1H/t18-,19+;;/m0../s1. The molecule has 0 aliphatic carbocycles. The number of aliphatic hydroxyl groups is 1.